The lowest BCUT2D eigenvalue weighted by Gasteiger charge is -2.27. The minimum absolute atomic E-state index is 0.0256. The van der Waals surface area contributed by atoms with Crippen LogP contribution in [0, 0.1) is 10.6 Å². The fraction of sp³-hybridized carbons (Fsp3) is 0.556. The molecule has 0 radical (unpaired) electrons. The van der Waals surface area contributed by atoms with Crippen molar-refractivity contribution in [2.45, 2.75) is 38.9 Å². The lowest BCUT2D eigenvalue weighted by Crippen LogP contribution is -2.38. The molecule has 2 heterocycles. The van der Waals surface area contributed by atoms with Gasteiger partial charge in [-0.05, 0) is 37.2 Å². The van der Waals surface area contributed by atoms with Crippen LogP contribution in [0.1, 0.15) is 26.2 Å². The van der Waals surface area contributed by atoms with Gasteiger partial charge >= 0.3 is 0 Å². The number of sulfone groups is 1. The maximum Gasteiger partial charge on any atom is 0.199 e. The zero-order valence-corrected chi connectivity index (χ0v) is 17.3. The number of hydrogen-bond acceptors (Lipinski definition) is 5. The van der Waals surface area contributed by atoms with Gasteiger partial charge in [0.1, 0.15) is 5.82 Å². The number of halogens is 1. The first-order valence-electron chi connectivity index (χ1n) is 9.15. The molecule has 1 aromatic heterocycles. The number of hydrogen-bond donors (Lipinski definition) is 0. The molecule has 1 unspecified atom stereocenters. The average Bonchev–Trinajstić information content (AvgIpc) is 3.13. The SMILES string of the molecule is CCCCN(Cn1nc(-c2ccccc2F)n(C)c1=S)C1CCS(=O)(=O)C1. The van der Waals surface area contributed by atoms with Crippen molar-refractivity contribution in [2.24, 2.45) is 7.05 Å². The van der Waals surface area contributed by atoms with E-state index >= 15 is 0 Å². The maximum absolute atomic E-state index is 14.2. The average molecular weight is 413 g/mol. The van der Waals surface area contributed by atoms with Crippen molar-refractivity contribution in [1.29, 1.82) is 0 Å². The Morgan fingerprint density at radius 1 is 1.37 bits per heavy atom. The van der Waals surface area contributed by atoms with E-state index in [2.05, 4.69) is 16.9 Å². The summed E-state index contributed by atoms with van der Waals surface area (Å²) in [6, 6.07) is 6.45. The summed E-state index contributed by atoms with van der Waals surface area (Å²) in [5.74, 6) is 0.524. The third-order valence-corrected chi connectivity index (χ3v) is 7.23. The third-order valence-electron chi connectivity index (χ3n) is 4.99. The highest BCUT2D eigenvalue weighted by atomic mass is 32.2. The van der Waals surface area contributed by atoms with Gasteiger partial charge in [-0.3, -0.25) is 4.90 Å². The van der Waals surface area contributed by atoms with E-state index in [1.807, 2.05) is 0 Å². The highest BCUT2D eigenvalue weighted by Crippen LogP contribution is 2.22. The number of aromatic nitrogens is 3. The van der Waals surface area contributed by atoms with Crippen molar-refractivity contribution in [2.75, 3.05) is 18.1 Å². The van der Waals surface area contributed by atoms with Crippen molar-refractivity contribution in [3.63, 3.8) is 0 Å². The topological polar surface area (TPSA) is 60.1 Å². The van der Waals surface area contributed by atoms with Gasteiger partial charge in [-0.2, -0.15) is 5.10 Å². The fourth-order valence-electron chi connectivity index (χ4n) is 3.42. The largest absolute Gasteiger partial charge is 0.303 e. The highest BCUT2D eigenvalue weighted by molar-refractivity contribution is 7.91. The molecule has 0 aliphatic carbocycles. The van der Waals surface area contributed by atoms with Crippen LogP contribution >= 0.6 is 12.2 Å². The van der Waals surface area contributed by atoms with Gasteiger partial charge in [-0.15, -0.1) is 0 Å². The molecule has 148 valence electrons. The quantitative estimate of drug-likeness (QED) is 0.655. The molecule has 1 fully saturated rings. The second-order valence-electron chi connectivity index (χ2n) is 7.01. The van der Waals surface area contributed by atoms with Crippen LogP contribution in [0.4, 0.5) is 4.39 Å². The van der Waals surface area contributed by atoms with Gasteiger partial charge in [-0.25, -0.2) is 17.5 Å². The predicted molar refractivity (Wildman–Crippen MR) is 106 cm³/mol. The van der Waals surface area contributed by atoms with Gasteiger partial charge in [0.15, 0.2) is 20.4 Å². The molecule has 1 atom stereocenters. The van der Waals surface area contributed by atoms with Crippen LogP contribution in [0.3, 0.4) is 0 Å². The Morgan fingerprint density at radius 3 is 2.74 bits per heavy atom. The van der Waals surface area contributed by atoms with Crippen LogP contribution in [0.15, 0.2) is 24.3 Å². The summed E-state index contributed by atoms with van der Waals surface area (Å²) in [5.41, 5.74) is 0.397. The summed E-state index contributed by atoms with van der Waals surface area (Å²) in [4.78, 5) is 2.14. The Morgan fingerprint density at radius 2 is 2.11 bits per heavy atom. The van der Waals surface area contributed by atoms with Crippen molar-refractivity contribution < 1.29 is 12.8 Å². The van der Waals surface area contributed by atoms with Crippen LogP contribution in [-0.2, 0) is 23.6 Å². The summed E-state index contributed by atoms with van der Waals surface area (Å²) in [6.07, 6.45) is 2.62. The molecule has 1 aliphatic heterocycles. The monoisotopic (exact) mass is 412 g/mol. The molecular formula is C18H25FN4O2S2. The molecule has 6 nitrogen and oxygen atoms in total. The molecule has 1 saturated heterocycles. The van der Waals surface area contributed by atoms with Gasteiger partial charge in [0.05, 0.1) is 23.7 Å². The van der Waals surface area contributed by atoms with E-state index in [0.29, 0.717) is 29.2 Å². The molecular weight excluding hydrogens is 387 g/mol. The minimum atomic E-state index is -2.97. The summed E-state index contributed by atoms with van der Waals surface area (Å²) in [6.45, 7) is 3.29. The molecule has 3 rings (SSSR count). The van der Waals surface area contributed by atoms with E-state index in [0.717, 1.165) is 19.4 Å². The molecule has 27 heavy (non-hydrogen) atoms. The van der Waals surface area contributed by atoms with Crippen molar-refractivity contribution >= 4 is 22.1 Å². The molecule has 1 aromatic carbocycles. The van der Waals surface area contributed by atoms with E-state index in [1.54, 1.807) is 34.5 Å². The summed E-state index contributed by atoms with van der Waals surface area (Å²) in [5, 5.41) is 4.54. The number of nitrogens with zero attached hydrogens (tertiary/aromatic N) is 4. The highest BCUT2D eigenvalue weighted by Gasteiger charge is 2.32. The molecule has 2 aromatic rings. The molecule has 9 heteroatoms. The Balaban J connectivity index is 1.89. The molecule has 0 bridgehead atoms. The van der Waals surface area contributed by atoms with E-state index in [9.17, 15) is 12.8 Å². The number of unbranched alkanes of at least 4 members (excludes halogenated alkanes) is 1. The van der Waals surface area contributed by atoms with Crippen LogP contribution < -0.4 is 0 Å². The lowest BCUT2D eigenvalue weighted by atomic mass is 10.2. The van der Waals surface area contributed by atoms with Gasteiger partial charge in [0.25, 0.3) is 0 Å². The Labute approximate surface area is 164 Å². The number of rotatable bonds is 7. The Hall–Kier alpha value is -1.58. The van der Waals surface area contributed by atoms with E-state index in [4.69, 9.17) is 12.2 Å². The summed E-state index contributed by atoms with van der Waals surface area (Å²) < 4.78 is 41.8. The summed E-state index contributed by atoms with van der Waals surface area (Å²) in [7, 11) is -1.20. The Kier molecular flexibility index (Phi) is 6.12. The molecule has 0 N–H and O–H groups in total. The molecule has 0 saturated carbocycles. The standard InChI is InChI=1S/C18H25FN4O2S2/c1-3-4-10-22(14-9-11-27(24,25)12-14)13-23-18(26)21(2)17(20-23)15-7-5-6-8-16(15)19/h5-8,14H,3-4,9-13H2,1-2H3. The fourth-order valence-corrected chi connectivity index (χ4v) is 5.37. The number of benzene rings is 1. The minimum Gasteiger partial charge on any atom is -0.303 e. The second-order valence-corrected chi connectivity index (χ2v) is 9.60. The molecule has 0 amide bonds. The van der Waals surface area contributed by atoms with Gasteiger partial charge < -0.3 is 4.57 Å². The van der Waals surface area contributed by atoms with Gasteiger partial charge in [0, 0.05) is 19.6 Å². The first-order chi connectivity index (χ1) is 12.8. The zero-order chi connectivity index (χ0) is 19.6. The van der Waals surface area contributed by atoms with Crippen molar-refractivity contribution in [3.05, 3.63) is 34.9 Å². The van der Waals surface area contributed by atoms with E-state index < -0.39 is 9.84 Å². The first-order valence-corrected chi connectivity index (χ1v) is 11.4. The second kappa shape index (κ2) is 8.20. The maximum atomic E-state index is 14.2. The first kappa shape index (κ1) is 20.2. The lowest BCUT2D eigenvalue weighted by molar-refractivity contribution is 0.152. The Bertz CT molecular complexity index is 968. The van der Waals surface area contributed by atoms with Crippen LogP contribution in [-0.4, -0.2) is 51.8 Å². The van der Waals surface area contributed by atoms with E-state index in [1.165, 1.54) is 6.07 Å². The van der Waals surface area contributed by atoms with Crippen LogP contribution in [0.2, 0.25) is 0 Å². The third kappa shape index (κ3) is 4.47. The van der Waals surface area contributed by atoms with Crippen molar-refractivity contribution in [1.82, 2.24) is 19.2 Å². The van der Waals surface area contributed by atoms with Crippen LogP contribution in [0.25, 0.3) is 11.4 Å². The zero-order valence-electron chi connectivity index (χ0n) is 15.6. The normalized spacial score (nSPS) is 19.0. The van der Waals surface area contributed by atoms with Gasteiger partial charge in [0.2, 0.25) is 0 Å². The summed E-state index contributed by atoms with van der Waals surface area (Å²) >= 11 is 5.50. The predicted octanol–water partition coefficient (Wildman–Crippen LogP) is 3.00. The molecule has 1 aliphatic rings. The van der Waals surface area contributed by atoms with Gasteiger partial charge in [-0.1, -0.05) is 25.5 Å². The van der Waals surface area contributed by atoms with E-state index in [-0.39, 0.29) is 23.4 Å². The van der Waals surface area contributed by atoms with Crippen LogP contribution in [0.5, 0.6) is 0 Å². The van der Waals surface area contributed by atoms with Crippen molar-refractivity contribution in [3.8, 4) is 11.4 Å². The molecule has 0 spiro atoms. The smallest absolute Gasteiger partial charge is 0.199 e.